The van der Waals surface area contributed by atoms with Crippen molar-refractivity contribution in [3.8, 4) is 0 Å². The fraction of sp³-hybridized carbons (Fsp3) is 0.400. The number of hydrogen-bond donors (Lipinski definition) is 0. The Morgan fingerprint density at radius 3 is 3.07 bits per heavy atom. The molecule has 1 fully saturated rings. The van der Waals surface area contributed by atoms with Crippen molar-refractivity contribution in [3.63, 3.8) is 0 Å². The van der Waals surface area contributed by atoms with Gasteiger partial charge >= 0.3 is 0 Å². The molecule has 0 aliphatic carbocycles. The van der Waals surface area contributed by atoms with Gasteiger partial charge in [0.2, 0.25) is 0 Å². The summed E-state index contributed by atoms with van der Waals surface area (Å²) in [6, 6.07) is 6.68. The van der Waals surface area contributed by atoms with E-state index < -0.39 is 0 Å². The van der Waals surface area contributed by atoms with Crippen molar-refractivity contribution in [1.29, 1.82) is 0 Å². The zero-order chi connectivity index (χ0) is 10.7. The van der Waals surface area contributed by atoms with Crippen molar-refractivity contribution >= 4 is 17.7 Å². The van der Waals surface area contributed by atoms with Gasteiger partial charge in [-0.15, -0.1) is 0 Å². The van der Waals surface area contributed by atoms with E-state index in [1.54, 1.807) is 12.1 Å². The number of benzene rings is 1. The summed E-state index contributed by atoms with van der Waals surface area (Å²) >= 11 is 1.44. The Hall–Kier alpha value is -1.07. The third-order valence-corrected chi connectivity index (χ3v) is 3.15. The van der Waals surface area contributed by atoms with Gasteiger partial charge in [-0.05, 0) is 30.4 Å². The Kier molecular flexibility index (Phi) is 3.23. The minimum atomic E-state index is -0.376. The molecular formula is C10H11NO3S. The first-order valence-corrected chi connectivity index (χ1v) is 5.71. The number of nitrogens with zero attached hydrogens (tertiary/aromatic N) is 1. The lowest BCUT2D eigenvalue weighted by atomic mass is 10.0. The first kappa shape index (κ1) is 10.4. The van der Waals surface area contributed by atoms with Crippen LogP contribution < -0.4 is 0 Å². The van der Waals surface area contributed by atoms with Crippen molar-refractivity contribution in [3.05, 3.63) is 39.9 Å². The van der Waals surface area contributed by atoms with Crippen molar-refractivity contribution in [2.45, 2.75) is 18.9 Å². The molecule has 0 radical (unpaired) electrons. The molecule has 1 aromatic rings. The molecule has 0 aromatic heterocycles. The summed E-state index contributed by atoms with van der Waals surface area (Å²) in [6.07, 6.45) is 2.04. The molecular weight excluding hydrogens is 214 g/mol. The second-order valence-corrected chi connectivity index (χ2v) is 4.24. The molecule has 0 bridgehead atoms. The van der Waals surface area contributed by atoms with E-state index in [2.05, 4.69) is 0 Å². The van der Waals surface area contributed by atoms with Gasteiger partial charge in [0.1, 0.15) is 0 Å². The average molecular weight is 225 g/mol. The highest BCUT2D eigenvalue weighted by molar-refractivity contribution is 7.94. The molecule has 1 aliphatic heterocycles. The van der Waals surface area contributed by atoms with Gasteiger partial charge in [0, 0.05) is 17.9 Å². The van der Waals surface area contributed by atoms with E-state index in [0.717, 1.165) is 24.2 Å². The molecule has 5 heteroatoms. The van der Waals surface area contributed by atoms with E-state index in [1.165, 1.54) is 18.1 Å². The maximum atomic E-state index is 10.6. The zero-order valence-electron chi connectivity index (χ0n) is 8.09. The Morgan fingerprint density at radius 1 is 1.53 bits per heavy atom. The highest BCUT2D eigenvalue weighted by Gasteiger charge is 2.18. The van der Waals surface area contributed by atoms with E-state index in [9.17, 15) is 10.1 Å². The van der Waals surface area contributed by atoms with Crippen LogP contribution in [-0.2, 0) is 4.18 Å². The van der Waals surface area contributed by atoms with Crippen LogP contribution in [-0.4, -0.2) is 10.7 Å². The van der Waals surface area contributed by atoms with Gasteiger partial charge in [0.25, 0.3) is 5.69 Å². The Labute approximate surface area is 92.0 Å². The van der Waals surface area contributed by atoms with Crippen LogP contribution in [0.2, 0.25) is 0 Å². The van der Waals surface area contributed by atoms with Gasteiger partial charge in [-0.3, -0.25) is 10.1 Å². The Balaban J connectivity index is 2.19. The third-order valence-electron chi connectivity index (χ3n) is 2.33. The molecule has 1 heterocycles. The lowest BCUT2D eigenvalue weighted by Gasteiger charge is -2.21. The van der Waals surface area contributed by atoms with Crippen molar-refractivity contribution < 1.29 is 9.11 Å². The highest BCUT2D eigenvalue weighted by atomic mass is 32.2. The van der Waals surface area contributed by atoms with Gasteiger partial charge in [-0.1, -0.05) is 12.1 Å². The molecule has 0 N–H and O–H groups in total. The van der Waals surface area contributed by atoms with Crippen LogP contribution in [0, 0.1) is 10.1 Å². The van der Waals surface area contributed by atoms with E-state index in [0.29, 0.717) is 0 Å². The molecule has 0 amide bonds. The third kappa shape index (κ3) is 2.49. The van der Waals surface area contributed by atoms with Gasteiger partial charge in [0.15, 0.2) is 0 Å². The molecule has 15 heavy (non-hydrogen) atoms. The van der Waals surface area contributed by atoms with Gasteiger partial charge < -0.3 is 4.18 Å². The molecule has 80 valence electrons. The topological polar surface area (TPSA) is 52.4 Å². The molecule has 1 atom stereocenters. The van der Waals surface area contributed by atoms with Crippen LogP contribution in [0.4, 0.5) is 5.69 Å². The maximum absolute atomic E-state index is 10.6. The predicted octanol–water partition coefficient (Wildman–Crippen LogP) is 3.09. The Morgan fingerprint density at radius 2 is 2.40 bits per heavy atom. The fourth-order valence-electron chi connectivity index (χ4n) is 1.57. The number of rotatable bonds is 2. The summed E-state index contributed by atoms with van der Waals surface area (Å²) in [6.45, 7) is 0. The van der Waals surface area contributed by atoms with Gasteiger partial charge in [0.05, 0.1) is 11.0 Å². The summed E-state index contributed by atoms with van der Waals surface area (Å²) < 4.78 is 5.49. The van der Waals surface area contributed by atoms with E-state index >= 15 is 0 Å². The molecule has 1 aromatic carbocycles. The summed E-state index contributed by atoms with van der Waals surface area (Å²) in [5, 5.41) is 10.6. The van der Waals surface area contributed by atoms with Crippen LogP contribution in [0.5, 0.6) is 0 Å². The minimum Gasteiger partial charge on any atom is -0.307 e. The van der Waals surface area contributed by atoms with Crippen LogP contribution >= 0.6 is 12.0 Å². The maximum Gasteiger partial charge on any atom is 0.269 e. The largest absolute Gasteiger partial charge is 0.307 e. The molecule has 2 rings (SSSR count). The van der Waals surface area contributed by atoms with Crippen LogP contribution in [0.15, 0.2) is 24.3 Å². The first-order chi connectivity index (χ1) is 7.27. The van der Waals surface area contributed by atoms with Gasteiger partial charge in [-0.2, -0.15) is 0 Å². The van der Waals surface area contributed by atoms with Crippen molar-refractivity contribution in [2.75, 3.05) is 5.75 Å². The quantitative estimate of drug-likeness (QED) is 0.441. The van der Waals surface area contributed by atoms with E-state index in [-0.39, 0.29) is 16.7 Å². The monoisotopic (exact) mass is 225 g/mol. The summed E-state index contributed by atoms with van der Waals surface area (Å²) in [4.78, 5) is 10.2. The fourth-order valence-corrected chi connectivity index (χ4v) is 2.32. The predicted molar refractivity (Wildman–Crippen MR) is 58.6 cm³/mol. The van der Waals surface area contributed by atoms with E-state index in [4.69, 9.17) is 4.18 Å². The molecule has 4 nitrogen and oxygen atoms in total. The molecule has 1 aliphatic rings. The van der Waals surface area contributed by atoms with Crippen molar-refractivity contribution in [1.82, 2.24) is 0 Å². The minimum absolute atomic E-state index is 0.00338. The Bertz CT molecular complexity index is 363. The van der Waals surface area contributed by atoms with Gasteiger partial charge in [-0.25, -0.2) is 0 Å². The zero-order valence-corrected chi connectivity index (χ0v) is 8.90. The highest BCUT2D eigenvalue weighted by Crippen LogP contribution is 2.33. The summed E-state index contributed by atoms with van der Waals surface area (Å²) in [7, 11) is 0. The number of nitro benzene ring substituents is 1. The van der Waals surface area contributed by atoms with Crippen LogP contribution in [0.3, 0.4) is 0 Å². The number of nitro groups is 1. The van der Waals surface area contributed by atoms with Crippen LogP contribution in [0.25, 0.3) is 0 Å². The van der Waals surface area contributed by atoms with Crippen molar-refractivity contribution in [2.24, 2.45) is 0 Å². The lowest BCUT2D eigenvalue weighted by molar-refractivity contribution is -0.385. The SMILES string of the molecule is O=[N+]([O-])c1cccc(C2CCCSO2)c1. The lowest BCUT2D eigenvalue weighted by Crippen LogP contribution is -2.06. The summed E-state index contributed by atoms with van der Waals surface area (Å²) in [5.41, 5.74) is 1.03. The molecule has 1 unspecified atom stereocenters. The molecule has 1 saturated heterocycles. The number of hydrogen-bond acceptors (Lipinski definition) is 4. The first-order valence-electron chi connectivity index (χ1n) is 4.80. The second kappa shape index (κ2) is 4.63. The standard InChI is InChI=1S/C10H11NO3S/c12-11(13)9-4-1-3-8(7-9)10-5-2-6-15-14-10/h1,3-4,7,10H,2,5-6H2. The smallest absolute Gasteiger partial charge is 0.269 e. The molecule has 0 spiro atoms. The second-order valence-electron chi connectivity index (χ2n) is 3.40. The average Bonchev–Trinajstić information content (AvgIpc) is 2.30. The number of non-ortho nitro benzene ring substituents is 1. The van der Waals surface area contributed by atoms with E-state index in [1.807, 2.05) is 6.07 Å². The summed E-state index contributed by atoms with van der Waals surface area (Å²) in [5.74, 6) is 1.01. The molecule has 0 saturated carbocycles. The normalized spacial score (nSPS) is 21.2. The van der Waals surface area contributed by atoms with Crippen LogP contribution in [0.1, 0.15) is 24.5 Å².